The van der Waals surface area contributed by atoms with Crippen LogP contribution in [0, 0.1) is 0 Å². The van der Waals surface area contributed by atoms with Crippen molar-refractivity contribution in [3.8, 4) is 0 Å². The highest BCUT2D eigenvalue weighted by molar-refractivity contribution is 6.31. The van der Waals surface area contributed by atoms with Crippen molar-refractivity contribution in [2.75, 3.05) is 0 Å². The van der Waals surface area contributed by atoms with E-state index in [1.165, 1.54) is 0 Å². The lowest BCUT2D eigenvalue weighted by Gasteiger charge is -2.17. The molecule has 0 bridgehead atoms. The van der Waals surface area contributed by atoms with Crippen LogP contribution in [0.5, 0.6) is 0 Å². The van der Waals surface area contributed by atoms with Crippen molar-refractivity contribution >= 4 is 23.6 Å². The molecule has 1 atom stereocenters. The largest absolute Gasteiger partial charge is 0.354 e. The van der Waals surface area contributed by atoms with Crippen LogP contribution >= 0.6 is 11.6 Å². The summed E-state index contributed by atoms with van der Waals surface area (Å²) in [5.74, 6) is 0.190. The van der Waals surface area contributed by atoms with Gasteiger partial charge in [0.05, 0.1) is 23.9 Å². The number of benzene rings is 1. The van der Waals surface area contributed by atoms with E-state index in [0.717, 1.165) is 5.56 Å². The highest BCUT2D eigenvalue weighted by Gasteiger charge is 2.09. The van der Waals surface area contributed by atoms with E-state index < -0.39 is 12.3 Å². The van der Waals surface area contributed by atoms with E-state index in [4.69, 9.17) is 22.1 Å². The zero-order valence-electron chi connectivity index (χ0n) is 13.8. The molecule has 0 aliphatic rings. The maximum Gasteiger partial charge on any atom is 0.318 e. The molecule has 0 saturated carbocycles. The summed E-state index contributed by atoms with van der Waals surface area (Å²) in [5, 5.41) is 5.88. The molecule has 0 aliphatic heterocycles. The van der Waals surface area contributed by atoms with E-state index in [1.807, 2.05) is 30.3 Å². The predicted octanol–water partition coefficient (Wildman–Crippen LogP) is 2.41. The summed E-state index contributed by atoms with van der Waals surface area (Å²) in [4.78, 5) is 19.6. The molecule has 7 nitrogen and oxygen atoms in total. The Morgan fingerprint density at radius 3 is 2.76 bits per heavy atom. The predicted molar refractivity (Wildman–Crippen MR) is 96.9 cm³/mol. The molecule has 0 saturated heterocycles. The van der Waals surface area contributed by atoms with E-state index in [-0.39, 0.29) is 12.5 Å². The van der Waals surface area contributed by atoms with Crippen molar-refractivity contribution in [1.82, 2.24) is 15.6 Å². The smallest absolute Gasteiger partial charge is 0.318 e. The number of nitrogens with two attached hydrogens (primary N) is 1. The maximum atomic E-state index is 11.2. The van der Waals surface area contributed by atoms with Crippen LogP contribution in [0.4, 0.5) is 4.79 Å². The lowest BCUT2D eigenvalue weighted by atomic mass is 10.2. The van der Waals surface area contributed by atoms with E-state index in [9.17, 15) is 4.79 Å². The number of urea groups is 1. The molecule has 0 spiro atoms. The number of hydrogen-bond donors (Lipinski definition) is 3. The van der Waals surface area contributed by atoms with Crippen molar-refractivity contribution in [3.63, 3.8) is 0 Å². The number of carbonyl (C=O) groups is 1. The summed E-state index contributed by atoms with van der Waals surface area (Å²) < 4.78 is 5.69. The van der Waals surface area contributed by atoms with E-state index in [2.05, 4.69) is 20.6 Å². The molecule has 1 aromatic carbocycles. The quantitative estimate of drug-likeness (QED) is 0.417. The Labute approximate surface area is 151 Å². The van der Waals surface area contributed by atoms with Gasteiger partial charge in [0.25, 0.3) is 0 Å². The first-order valence-corrected chi connectivity index (χ1v) is 8.04. The van der Waals surface area contributed by atoms with Crippen molar-refractivity contribution in [3.05, 3.63) is 64.9 Å². The molecule has 0 radical (unpaired) electrons. The molecule has 1 heterocycles. The Kier molecular flexibility index (Phi) is 7.18. The first kappa shape index (κ1) is 18.7. The van der Waals surface area contributed by atoms with Crippen LogP contribution in [0.3, 0.4) is 0 Å². The van der Waals surface area contributed by atoms with E-state index in [0.29, 0.717) is 17.3 Å². The number of primary amides is 1. The fourth-order valence-electron chi connectivity index (χ4n) is 1.96. The first-order chi connectivity index (χ1) is 12.0. The van der Waals surface area contributed by atoms with Gasteiger partial charge in [0, 0.05) is 6.20 Å². The van der Waals surface area contributed by atoms with Crippen LogP contribution in [0.15, 0.2) is 53.7 Å². The number of aliphatic imine (C=N–C) groups is 1. The number of rotatable bonds is 6. The van der Waals surface area contributed by atoms with Crippen molar-refractivity contribution in [1.29, 1.82) is 0 Å². The Morgan fingerprint density at radius 1 is 1.32 bits per heavy atom. The summed E-state index contributed by atoms with van der Waals surface area (Å²) in [6, 6.07) is 12.5. The summed E-state index contributed by atoms with van der Waals surface area (Å²) in [5.41, 5.74) is 6.81. The summed E-state index contributed by atoms with van der Waals surface area (Å²) in [6.45, 7) is 2.41. The van der Waals surface area contributed by atoms with Crippen LogP contribution in [0.25, 0.3) is 0 Å². The van der Waals surface area contributed by atoms with Crippen LogP contribution in [-0.2, 0) is 17.9 Å². The van der Waals surface area contributed by atoms with Gasteiger partial charge in [-0.2, -0.15) is 0 Å². The minimum Gasteiger partial charge on any atom is -0.354 e. The summed E-state index contributed by atoms with van der Waals surface area (Å²) in [7, 11) is 0. The van der Waals surface area contributed by atoms with E-state index in [1.54, 1.807) is 25.3 Å². The van der Waals surface area contributed by atoms with E-state index >= 15 is 0 Å². The molecule has 2 aromatic rings. The average Bonchev–Trinajstić information content (AvgIpc) is 2.59. The van der Waals surface area contributed by atoms with Gasteiger partial charge in [-0.25, -0.2) is 9.79 Å². The number of guanidine groups is 1. The molecule has 2 rings (SSSR count). The van der Waals surface area contributed by atoms with Crippen molar-refractivity contribution in [2.24, 2.45) is 10.7 Å². The molecule has 0 fully saturated rings. The highest BCUT2D eigenvalue weighted by atomic mass is 35.5. The van der Waals surface area contributed by atoms with Gasteiger partial charge in [-0.1, -0.05) is 41.9 Å². The monoisotopic (exact) mass is 361 g/mol. The van der Waals surface area contributed by atoms with Crippen molar-refractivity contribution in [2.45, 2.75) is 26.3 Å². The third-order valence-electron chi connectivity index (χ3n) is 3.15. The normalized spacial score (nSPS) is 12.5. The van der Waals surface area contributed by atoms with Gasteiger partial charge in [0.2, 0.25) is 5.96 Å². The number of halogens is 1. The molecule has 0 aliphatic carbocycles. The number of nitrogens with one attached hydrogen (secondary N) is 2. The Hall–Kier alpha value is -2.64. The summed E-state index contributed by atoms with van der Waals surface area (Å²) >= 11 is 6.05. The fourth-order valence-corrected chi connectivity index (χ4v) is 2.14. The van der Waals surface area contributed by atoms with Crippen molar-refractivity contribution < 1.29 is 9.53 Å². The van der Waals surface area contributed by atoms with Gasteiger partial charge >= 0.3 is 6.03 Å². The molecular weight excluding hydrogens is 342 g/mol. The second kappa shape index (κ2) is 9.61. The molecule has 4 N–H and O–H groups in total. The van der Waals surface area contributed by atoms with Gasteiger partial charge in [-0.3, -0.25) is 10.3 Å². The fraction of sp³-hybridized carbons (Fsp3) is 0.235. The molecular formula is C17H20ClN5O2. The Bertz CT molecular complexity index is 724. The molecule has 25 heavy (non-hydrogen) atoms. The number of nitrogens with zero attached hydrogens (tertiary/aromatic N) is 2. The number of hydrogen-bond acceptors (Lipinski definition) is 4. The number of amides is 2. The SMILES string of the molecule is CC(NC(=NCc1ncccc1Cl)NC(N)=O)OCc1ccccc1. The first-order valence-electron chi connectivity index (χ1n) is 7.67. The molecule has 1 aromatic heterocycles. The lowest BCUT2D eigenvalue weighted by Crippen LogP contribution is -2.47. The molecule has 1 unspecified atom stereocenters. The Morgan fingerprint density at radius 2 is 2.08 bits per heavy atom. The lowest BCUT2D eigenvalue weighted by molar-refractivity contribution is 0.0430. The molecule has 132 valence electrons. The van der Waals surface area contributed by atoms with Crippen LogP contribution in [0.2, 0.25) is 5.02 Å². The number of aromatic nitrogens is 1. The number of pyridine rings is 1. The Balaban J connectivity index is 1.95. The number of carbonyl (C=O) groups excluding carboxylic acids is 1. The van der Waals surface area contributed by atoms with Crippen LogP contribution in [0.1, 0.15) is 18.2 Å². The number of ether oxygens (including phenoxy) is 1. The topological polar surface area (TPSA) is 102 Å². The van der Waals surface area contributed by atoms with Crippen LogP contribution < -0.4 is 16.4 Å². The van der Waals surface area contributed by atoms with Gasteiger partial charge < -0.3 is 15.8 Å². The second-order valence-electron chi connectivity index (χ2n) is 5.17. The third-order valence-corrected chi connectivity index (χ3v) is 3.49. The minimum absolute atomic E-state index is 0.188. The minimum atomic E-state index is -0.728. The van der Waals surface area contributed by atoms with Gasteiger partial charge in [0.15, 0.2) is 0 Å². The molecule has 2 amide bonds. The van der Waals surface area contributed by atoms with Gasteiger partial charge in [0.1, 0.15) is 6.23 Å². The van der Waals surface area contributed by atoms with Gasteiger partial charge in [-0.15, -0.1) is 0 Å². The standard InChI is InChI=1S/C17H20ClN5O2/c1-12(25-11-13-6-3-2-4-7-13)22-17(23-16(19)24)21-10-15-14(18)8-5-9-20-15/h2-9,12H,10-11H2,1H3,(H4,19,21,22,23,24). The van der Waals surface area contributed by atoms with Crippen LogP contribution in [-0.4, -0.2) is 23.2 Å². The maximum absolute atomic E-state index is 11.2. The highest BCUT2D eigenvalue weighted by Crippen LogP contribution is 2.12. The third kappa shape index (κ3) is 6.78. The van der Waals surface area contributed by atoms with Gasteiger partial charge in [-0.05, 0) is 24.6 Å². The summed E-state index contributed by atoms with van der Waals surface area (Å²) in [6.07, 6.45) is 1.22. The zero-order valence-corrected chi connectivity index (χ0v) is 14.5. The second-order valence-corrected chi connectivity index (χ2v) is 5.58. The zero-order chi connectivity index (χ0) is 18.1. The average molecular weight is 362 g/mol. The molecule has 8 heteroatoms.